The van der Waals surface area contributed by atoms with Gasteiger partial charge >= 0.3 is 0 Å². The highest BCUT2D eigenvalue weighted by atomic mass is 16.5. The van der Waals surface area contributed by atoms with E-state index >= 15 is 0 Å². The summed E-state index contributed by atoms with van der Waals surface area (Å²) in [7, 11) is 0. The van der Waals surface area contributed by atoms with Gasteiger partial charge in [0.25, 0.3) is 0 Å². The Morgan fingerprint density at radius 1 is 1.40 bits per heavy atom. The quantitative estimate of drug-likeness (QED) is 0.466. The van der Waals surface area contributed by atoms with E-state index in [9.17, 15) is 0 Å². The van der Waals surface area contributed by atoms with E-state index in [1.807, 2.05) is 37.3 Å². The van der Waals surface area contributed by atoms with Crippen molar-refractivity contribution in [1.29, 1.82) is 0 Å². The van der Waals surface area contributed by atoms with Gasteiger partial charge in [0.1, 0.15) is 5.75 Å². The van der Waals surface area contributed by atoms with Crippen LogP contribution in [0.5, 0.6) is 5.75 Å². The molecule has 0 fully saturated rings. The summed E-state index contributed by atoms with van der Waals surface area (Å²) >= 11 is 0. The van der Waals surface area contributed by atoms with E-state index in [1.165, 1.54) is 0 Å². The van der Waals surface area contributed by atoms with E-state index in [0.717, 1.165) is 11.3 Å². The van der Waals surface area contributed by atoms with Crippen LogP contribution < -0.4 is 4.74 Å². The number of benzene rings is 1. The van der Waals surface area contributed by atoms with E-state index in [4.69, 9.17) is 9.94 Å². The molecule has 0 radical (unpaired) electrons. The molecule has 0 unspecified atom stereocenters. The topological polar surface area (TPSA) is 41.8 Å². The number of allylic oxidation sites excluding steroid dienone is 1. The molecule has 15 heavy (non-hydrogen) atoms. The average Bonchev–Trinajstić information content (AvgIpc) is 2.28. The Morgan fingerprint density at radius 3 is 2.60 bits per heavy atom. The molecule has 0 saturated carbocycles. The molecular formula is C12H15NO2. The van der Waals surface area contributed by atoms with Gasteiger partial charge in [-0.25, -0.2) is 0 Å². The van der Waals surface area contributed by atoms with Crippen LogP contribution in [0.1, 0.15) is 19.4 Å². The fourth-order valence-electron chi connectivity index (χ4n) is 1.09. The summed E-state index contributed by atoms with van der Waals surface area (Å²) in [6.07, 6.45) is 3.63. The Hall–Kier alpha value is -1.77. The van der Waals surface area contributed by atoms with Crippen molar-refractivity contribution in [3.8, 4) is 5.75 Å². The molecule has 0 atom stereocenters. The number of nitrogens with zero attached hydrogens (tertiary/aromatic N) is 1. The summed E-state index contributed by atoms with van der Waals surface area (Å²) in [6.45, 7) is 4.35. The summed E-state index contributed by atoms with van der Waals surface area (Å²) in [5.74, 6) is 0.863. The van der Waals surface area contributed by atoms with Crippen LogP contribution in [0.3, 0.4) is 0 Å². The standard InChI is InChI=1S/C12H15NO2/c1-3-15-12-8-6-11(7-9-12)5-4-10(2)13-14/h4-9,14H,3H2,1-2H3. The number of ether oxygens (including phenoxy) is 1. The van der Waals surface area contributed by atoms with Gasteiger partial charge in [-0.2, -0.15) is 0 Å². The first-order valence-corrected chi connectivity index (χ1v) is 4.86. The van der Waals surface area contributed by atoms with Crippen molar-refractivity contribution < 1.29 is 9.94 Å². The van der Waals surface area contributed by atoms with E-state index in [0.29, 0.717) is 12.3 Å². The highest BCUT2D eigenvalue weighted by Gasteiger charge is 1.91. The zero-order valence-corrected chi connectivity index (χ0v) is 8.97. The lowest BCUT2D eigenvalue weighted by Gasteiger charge is -2.02. The minimum Gasteiger partial charge on any atom is -0.494 e. The Morgan fingerprint density at radius 2 is 2.07 bits per heavy atom. The maximum absolute atomic E-state index is 8.44. The molecule has 0 amide bonds. The second-order valence-corrected chi connectivity index (χ2v) is 3.08. The number of oxime groups is 1. The maximum atomic E-state index is 8.44. The minimum absolute atomic E-state index is 0.573. The molecule has 1 N–H and O–H groups in total. The van der Waals surface area contributed by atoms with Gasteiger partial charge in [-0.15, -0.1) is 0 Å². The smallest absolute Gasteiger partial charge is 0.119 e. The Labute approximate surface area is 89.7 Å². The van der Waals surface area contributed by atoms with E-state index in [2.05, 4.69) is 5.16 Å². The van der Waals surface area contributed by atoms with Gasteiger partial charge in [0, 0.05) is 0 Å². The van der Waals surface area contributed by atoms with Crippen molar-refractivity contribution in [1.82, 2.24) is 0 Å². The van der Waals surface area contributed by atoms with E-state index in [1.54, 1.807) is 13.0 Å². The lowest BCUT2D eigenvalue weighted by Crippen LogP contribution is -1.90. The third-order valence-corrected chi connectivity index (χ3v) is 1.87. The van der Waals surface area contributed by atoms with Gasteiger partial charge in [0.15, 0.2) is 0 Å². The van der Waals surface area contributed by atoms with Gasteiger partial charge in [-0.05, 0) is 37.6 Å². The predicted molar refractivity (Wildman–Crippen MR) is 61.5 cm³/mol. The van der Waals surface area contributed by atoms with Crippen molar-refractivity contribution in [2.75, 3.05) is 6.61 Å². The second-order valence-electron chi connectivity index (χ2n) is 3.08. The van der Waals surface area contributed by atoms with Crippen LogP contribution in [0.25, 0.3) is 6.08 Å². The molecule has 0 bridgehead atoms. The van der Waals surface area contributed by atoms with Crippen molar-refractivity contribution in [3.63, 3.8) is 0 Å². The van der Waals surface area contributed by atoms with Gasteiger partial charge in [0.05, 0.1) is 12.3 Å². The van der Waals surface area contributed by atoms with E-state index < -0.39 is 0 Å². The molecule has 0 spiro atoms. The Kier molecular flexibility index (Phi) is 4.41. The highest BCUT2D eigenvalue weighted by molar-refractivity contribution is 5.95. The van der Waals surface area contributed by atoms with Gasteiger partial charge < -0.3 is 9.94 Å². The number of rotatable bonds is 4. The summed E-state index contributed by atoms with van der Waals surface area (Å²) in [5.41, 5.74) is 1.62. The molecule has 1 aromatic carbocycles. The predicted octanol–water partition coefficient (Wildman–Crippen LogP) is 2.95. The summed E-state index contributed by atoms with van der Waals surface area (Å²) in [6, 6.07) is 7.72. The van der Waals surface area contributed by atoms with Crippen LogP contribution in [0.15, 0.2) is 35.5 Å². The summed E-state index contributed by atoms with van der Waals surface area (Å²) in [4.78, 5) is 0. The van der Waals surface area contributed by atoms with Crippen LogP contribution in [0.2, 0.25) is 0 Å². The van der Waals surface area contributed by atoms with E-state index in [-0.39, 0.29) is 0 Å². The maximum Gasteiger partial charge on any atom is 0.119 e. The lowest BCUT2D eigenvalue weighted by atomic mass is 10.2. The molecule has 3 nitrogen and oxygen atoms in total. The zero-order chi connectivity index (χ0) is 11.1. The summed E-state index contributed by atoms with van der Waals surface area (Å²) in [5, 5.41) is 11.5. The first-order chi connectivity index (χ1) is 7.26. The normalized spacial score (nSPS) is 12.0. The molecular weight excluding hydrogens is 190 g/mol. The van der Waals surface area contributed by atoms with Crippen molar-refractivity contribution in [2.24, 2.45) is 5.16 Å². The Balaban J connectivity index is 2.68. The van der Waals surface area contributed by atoms with Crippen LogP contribution >= 0.6 is 0 Å². The Bertz CT molecular complexity index is 352. The molecule has 1 rings (SSSR count). The zero-order valence-electron chi connectivity index (χ0n) is 8.97. The summed E-state index contributed by atoms with van der Waals surface area (Å²) < 4.78 is 5.32. The van der Waals surface area contributed by atoms with Gasteiger partial charge in [0.2, 0.25) is 0 Å². The molecule has 3 heteroatoms. The fraction of sp³-hybridized carbons (Fsp3) is 0.250. The largest absolute Gasteiger partial charge is 0.494 e. The van der Waals surface area contributed by atoms with Gasteiger partial charge in [-0.1, -0.05) is 23.4 Å². The molecule has 80 valence electrons. The van der Waals surface area contributed by atoms with Crippen LogP contribution in [-0.2, 0) is 0 Å². The molecule has 0 heterocycles. The third-order valence-electron chi connectivity index (χ3n) is 1.87. The van der Waals surface area contributed by atoms with Crippen LogP contribution in [0, 0.1) is 0 Å². The molecule has 1 aromatic rings. The molecule has 0 aliphatic carbocycles. The average molecular weight is 205 g/mol. The van der Waals surface area contributed by atoms with Crippen molar-refractivity contribution in [3.05, 3.63) is 35.9 Å². The number of hydrogen-bond donors (Lipinski definition) is 1. The highest BCUT2D eigenvalue weighted by Crippen LogP contribution is 2.12. The molecule has 0 aliphatic rings. The van der Waals surface area contributed by atoms with Crippen molar-refractivity contribution in [2.45, 2.75) is 13.8 Å². The first-order valence-electron chi connectivity index (χ1n) is 4.86. The first kappa shape index (κ1) is 11.3. The monoisotopic (exact) mass is 205 g/mol. The lowest BCUT2D eigenvalue weighted by molar-refractivity contribution is 0.319. The molecule has 0 saturated heterocycles. The minimum atomic E-state index is 0.573. The molecule has 0 aromatic heterocycles. The fourth-order valence-corrected chi connectivity index (χ4v) is 1.09. The van der Waals surface area contributed by atoms with Gasteiger partial charge in [-0.3, -0.25) is 0 Å². The molecule has 0 aliphatic heterocycles. The van der Waals surface area contributed by atoms with Crippen LogP contribution in [0.4, 0.5) is 0 Å². The number of hydrogen-bond acceptors (Lipinski definition) is 3. The van der Waals surface area contributed by atoms with Crippen molar-refractivity contribution >= 4 is 11.8 Å². The SMILES string of the molecule is CCOc1ccc(C=CC(C)=NO)cc1. The third kappa shape index (κ3) is 3.85. The van der Waals surface area contributed by atoms with Crippen LogP contribution in [-0.4, -0.2) is 17.5 Å². The second kappa shape index (κ2) is 5.86.